The van der Waals surface area contributed by atoms with Crippen molar-refractivity contribution in [1.82, 2.24) is 4.90 Å². The first-order valence-corrected chi connectivity index (χ1v) is 6.54. The van der Waals surface area contributed by atoms with Gasteiger partial charge in [-0.1, -0.05) is 6.07 Å². The molecular formula is C15H19FN2O. The van der Waals surface area contributed by atoms with Gasteiger partial charge in [0.05, 0.1) is 24.1 Å². The molecule has 0 radical (unpaired) electrons. The molecule has 19 heavy (non-hydrogen) atoms. The lowest BCUT2D eigenvalue weighted by Crippen LogP contribution is -2.28. The topological polar surface area (TPSA) is 36.3 Å². The second-order valence-corrected chi connectivity index (χ2v) is 5.26. The number of rotatable bonds is 5. The predicted molar refractivity (Wildman–Crippen MR) is 71.3 cm³/mol. The van der Waals surface area contributed by atoms with Gasteiger partial charge in [0.1, 0.15) is 0 Å². The van der Waals surface area contributed by atoms with Crippen LogP contribution in [-0.4, -0.2) is 25.6 Å². The van der Waals surface area contributed by atoms with E-state index in [4.69, 9.17) is 4.74 Å². The monoisotopic (exact) mass is 262 g/mol. The van der Waals surface area contributed by atoms with Crippen LogP contribution in [0.4, 0.5) is 4.39 Å². The fraction of sp³-hybridized carbons (Fsp3) is 0.533. The van der Waals surface area contributed by atoms with Gasteiger partial charge in [0.2, 0.25) is 0 Å². The second kappa shape index (κ2) is 5.18. The van der Waals surface area contributed by atoms with E-state index >= 15 is 0 Å². The fourth-order valence-electron chi connectivity index (χ4n) is 2.65. The Labute approximate surface area is 113 Å². The van der Waals surface area contributed by atoms with E-state index in [0.717, 1.165) is 18.4 Å². The number of nitrogens with zero attached hydrogens (tertiary/aromatic N) is 2. The molecule has 0 aromatic heterocycles. The van der Waals surface area contributed by atoms with Crippen LogP contribution in [0.2, 0.25) is 0 Å². The Balaban J connectivity index is 2.34. The van der Waals surface area contributed by atoms with E-state index < -0.39 is 0 Å². The lowest BCUT2D eigenvalue weighted by molar-refractivity contribution is 0.231. The first kappa shape index (κ1) is 13.8. The van der Waals surface area contributed by atoms with Crippen LogP contribution in [0.3, 0.4) is 0 Å². The summed E-state index contributed by atoms with van der Waals surface area (Å²) in [6, 6.07) is 7.33. The third-order valence-corrected chi connectivity index (χ3v) is 3.62. The Morgan fingerprint density at radius 2 is 2.16 bits per heavy atom. The van der Waals surface area contributed by atoms with Crippen LogP contribution in [-0.2, 0) is 0 Å². The van der Waals surface area contributed by atoms with Gasteiger partial charge in [0, 0.05) is 0 Å². The summed E-state index contributed by atoms with van der Waals surface area (Å²) in [4.78, 5) is 1.99. The molecule has 1 unspecified atom stereocenters. The molecular weight excluding hydrogens is 243 g/mol. The highest BCUT2D eigenvalue weighted by Gasteiger charge is 2.51. The summed E-state index contributed by atoms with van der Waals surface area (Å²) >= 11 is 0. The van der Waals surface area contributed by atoms with Crippen LogP contribution in [0.15, 0.2) is 18.2 Å². The van der Waals surface area contributed by atoms with Crippen LogP contribution < -0.4 is 4.74 Å². The van der Waals surface area contributed by atoms with Gasteiger partial charge in [-0.3, -0.25) is 0 Å². The van der Waals surface area contributed by atoms with Crippen molar-refractivity contribution in [2.45, 2.75) is 25.8 Å². The molecule has 1 atom stereocenters. The van der Waals surface area contributed by atoms with E-state index in [9.17, 15) is 9.65 Å². The van der Waals surface area contributed by atoms with Crippen LogP contribution >= 0.6 is 0 Å². The number of hydrogen-bond donors (Lipinski definition) is 0. The largest absolute Gasteiger partial charge is 0.491 e. The average Bonchev–Trinajstić information content (AvgIpc) is 3.13. The normalized spacial score (nSPS) is 17.9. The van der Waals surface area contributed by atoms with Gasteiger partial charge >= 0.3 is 0 Å². The van der Waals surface area contributed by atoms with E-state index in [0.29, 0.717) is 6.61 Å². The molecule has 0 bridgehead atoms. The van der Waals surface area contributed by atoms with Crippen LogP contribution in [0.5, 0.6) is 5.75 Å². The number of hydrogen-bond acceptors (Lipinski definition) is 3. The maximum atomic E-state index is 13.9. The molecule has 1 fully saturated rings. The minimum atomic E-state index is -0.361. The van der Waals surface area contributed by atoms with Gasteiger partial charge < -0.3 is 9.64 Å². The zero-order valence-corrected chi connectivity index (χ0v) is 11.6. The van der Waals surface area contributed by atoms with Gasteiger partial charge in [-0.05, 0) is 51.6 Å². The predicted octanol–water partition coefficient (Wildman–Crippen LogP) is 3.13. The van der Waals surface area contributed by atoms with Crippen molar-refractivity contribution in [3.8, 4) is 11.8 Å². The Morgan fingerprint density at radius 1 is 1.47 bits per heavy atom. The zero-order chi connectivity index (χ0) is 14.0. The highest BCUT2D eigenvalue weighted by molar-refractivity contribution is 5.35. The maximum absolute atomic E-state index is 13.9. The quantitative estimate of drug-likeness (QED) is 0.818. The van der Waals surface area contributed by atoms with Gasteiger partial charge in [-0.15, -0.1) is 0 Å². The number of benzene rings is 1. The van der Waals surface area contributed by atoms with E-state index in [-0.39, 0.29) is 23.0 Å². The summed E-state index contributed by atoms with van der Waals surface area (Å²) < 4.78 is 19.2. The maximum Gasteiger partial charge on any atom is 0.165 e. The summed E-state index contributed by atoms with van der Waals surface area (Å²) in [5, 5.41) is 9.35. The van der Waals surface area contributed by atoms with Gasteiger partial charge in [0.25, 0.3) is 0 Å². The Bertz CT molecular complexity index is 503. The fourth-order valence-corrected chi connectivity index (χ4v) is 2.65. The summed E-state index contributed by atoms with van der Waals surface area (Å²) in [5.41, 5.74) is 0.480. The highest BCUT2D eigenvalue weighted by Crippen LogP contribution is 2.56. The standard InChI is InChI=1S/C15H19FN2O/c1-4-19-13-6-5-11(9-12(13)16)14(18(2)3)15(10-17)7-8-15/h5-6,9,14H,4,7-8H2,1-3H3. The number of ether oxygens (including phenoxy) is 1. The summed E-state index contributed by atoms with van der Waals surface area (Å²) in [6.45, 7) is 2.26. The summed E-state index contributed by atoms with van der Waals surface area (Å²) in [7, 11) is 3.85. The number of halogens is 1. The average molecular weight is 262 g/mol. The molecule has 0 N–H and O–H groups in total. The first-order valence-electron chi connectivity index (χ1n) is 6.54. The lowest BCUT2D eigenvalue weighted by Gasteiger charge is -2.29. The molecule has 0 aliphatic heterocycles. The van der Waals surface area contributed by atoms with Crippen molar-refractivity contribution in [1.29, 1.82) is 5.26 Å². The smallest absolute Gasteiger partial charge is 0.165 e. The zero-order valence-electron chi connectivity index (χ0n) is 11.6. The molecule has 0 amide bonds. The summed E-state index contributed by atoms with van der Waals surface area (Å²) in [6.07, 6.45) is 1.75. The molecule has 4 heteroatoms. The Morgan fingerprint density at radius 3 is 2.58 bits per heavy atom. The van der Waals surface area contributed by atoms with Crippen LogP contribution in [0.25, 0.3) is 0 Å². The molecule has 1 aromatic rings. The van der Waals surface area contributed by atoms with E-state index in [1.165, 1.54) is 6.07 Å². The van der Waals surface area contributed by atoms with Crippen LogP contribution in [0, 0.1) is 22.6 Å². The molecule has 3 nitrogen and oxygen atoms in total. The van der Waals surface area contributed by atoms with E-state index in [1.54, 1.807) is 6.07 Å². The molecule has 2 rings (SSSR count). The van der Waals surface area contributed by atoms with Gasteiger partial charge in [-0.25, -0.2) is 4.39 Å². The third-order valence-electron chi connectivity index (χ3n) is 3.62. The highest BCUT2D eigenvalue weighted by atomic mass is 19.1. The molecule has 0 saturated heterocycles. The molecule has 0 spiro atoms. The number of nitriles is 1. The first-order chi connectivity index (χ1) is 9.04. The van der Waals surface area contributed by atoms with E-state index in [1.807, 2.05) is 32.0 Å². The summed E-state index contributed by atoms with van der Waals surface area (Å²) in [5.74, 6) is -0.0921. The molecule has 102 valence electrons. The minimum Gasteiger partial charge on any atom is -0.491 e. The Hall–Kier alpha value is -1.60. The van der Waals surface area contributed by atoms with E-state index in [2.05, 4.69) is 6.07 Å². The molecule has 0 heterocycles. The molecule has 1 aliphatic rings. The molecule has 1 aromatic carbocycles. The SMILES string of the molecule is CCOc1ccc(C(N(C)C)C2(C#N)CC2)cc1F. The van der Waals surface area contributed by atoms with Crippen molar-refractivity contribution in [2.75, 3.05) is 20.7 Å². The van der Waals surface area contributed by atoms with Gasteiger partial charge in [-0.2, -0.15) is 5.26 Å². The lowest BCUT2D eigenvalue weighted by atomic mass is 9.90. The molecule has 1 saturated carbocycles. The molecule has 1 aliphatic carbocycles. The minimum absolute atomic E-state index is 0.0670. The second-order valence-electron chi connectivity index (χ2n) is 5.26. The van der Waals surface area contributed by atoms with Crippen LogP contribution in [0.1, 0.15) is 31.4 Å². The van der Waals surface area contributed by atoms with Crippen molar-refractivity contribution in [2.24, 2.45) is 5.41 Å². The van der Waals surface area contributed by atoms with Crippen molar-refractivity contribution < 1.29 is 9.13 Å². The van der Waals surface area contributed by atoms with Crippen molar-refractivity contribution in [3.63, 3.8) is 0 Å². The van der Waals surface area contributed by atoms with Crippen molar-refractivity contribution >= 4 is 0 Å². The van der Waals surface area contributed by atoms with Crippen molar-refractivity contribution in [3.05, 3.63) is 29.6 Å². The Kier molecular flexibility index (Phi) is 3.77. The van der Waals surface area contributed by atoms with Gasteiger partial charge in [0.15, 0.2) is 11.6 Å². The third kappa shape index (κ3) is 2.57.